The molecule has 0 radical (unpaired) electrons. The number of carbonyl (C=O) groups is 1. The van der Waals surface area contributed by atoms with Crippen molar-refractivity contribution < 1.29 is 4.79 Å². The molecule has 3 N–H and O–H groups in total. The largest absolute Gasteiger partial charge is 0.382 e. The Morgan fingerprint density at radius 1 is 1.24 bits per heavy atom. The minimum atomic E-state index is 0.0294. The van der Waals surface area contributed by atoms with Crippen LogP contribution < -0.4 is 5.73 Å². The topological polar surface area (TPSA) is 114 Å². The van der Waals surface area contributed by atoms with Gasteiger partial charge in [-0.2, -0.15) is 15.4 Å². The number of piperidine rings is 1. The lowest BCUT2D eigenvalue weighted by Gasteiger charge is -2.32. The molecular formula is C17H19N7O. The molecule has 8 heteroatoms. The number of benzene rings is 1. The minimum Gasteiger partial charge on any atom is -0.382 e. The molecule has 128 valence electrons. The van der Waals surface area contributed by atoms with E-state index in [2.05, 4.69) is 25.4 Å². The van der Waals surface area contributed by atoms with Gasteiger partial charge in [-0.05, 0) is 43.4 Å². The molecule has 4 rings (SSSR count). The Balaban J connectivity index is 1.48. The Labute approximate surface area is 144 Å². The third kappa shape index (κ3) is 3.15. The van der Waals surface area contributed by atoms with E-state index in [1.807, 2.05) is 11.0 Å². The van der Waals surface area contributed by atoms with Gasteiger partial charge in [-0.15, -0.1) is 0 Å². The number of nitrogens with one attached hydrogen (secondary N) is 1. The fraction of sp³-hybridized carbons (Fsp3) is 0.353. The number of nitrogens with two attached hydrogens (primary N) is 1. The predicted octanol–water partition coefficient (Wildman–Crippen LogP) is 1.42. The van der Waals surface area contributed by atoms with Gasteiger partial charge in [0.25, 0.3) is 5.91 Å². The second-order valence-electron chi connectivity index (χ2n) is 6.38. The molecular weight excluding hydrogens is 318 g/mol. The maximum atomic E-state index is 12.8. The van der Waals surface area contributed by atoms with Gasteiger partial charge >= 0.3 is 0 Å². The number of aromatic nitrogens is 5. The lowest BCUT2D eigenvalue weighted by Crippen LogP contribution is -2.40. The molecule has 0 spiro atoms. The average molecular weight is 337 g/mol. The molecule has 3 heterocycles. The van der Waals surface area contributed by atoms with Gasteiger partial charge < -0.3 is 10.6 Å². The summed E-state index contributed by atoms with van der Waals surface area (Å²) >= 11 is 0. The number of likely N-dealkylation sites (tertiary alicyclic amines) is 1. The van der Waals surface area contributed by atoms with E-state index in [0.717, 1.165) is 37.0 Å². The van der Waals surface area contributed by atoms with Crippen LogP contribution in [0.25, 0.3) is 11.0 Å². The lowest BCUT2D eigenvalue weighted by molar-refractivity contribution is 0.0673. The zero-order valence-electron chi connectivity index (χ0n) is 13.7. The van der Waals surface area contributed by atoms with Crippen molar-refractivity contribution in [1.29, 1.82) is 0 Å². The van der Waals surface area contributed by atoms with E-state index in [9.17, 15) is 4.79 Å². The van der Waals surface area contributed by atoms with Gasteiger partial charge in [0.2, 0.25) is 0 Å². The standard InChI is InChI=1S/C17H19N7O/c18-16-15(19-5-6-20-16)8-11-2-1-7-24(10-11)17(25)12-3-4-13-14(9-12)22-23-21-13/h3-6,9,11H,1-2,7-8,10H2,(H2,18,20)(H,21,22,23)/t11-/m1/s1. The maximum Gasteiger partial charge on any atom is 0.253 e. The molecule has 0 aliphatic carbocycles. The Morgan fingerprint density at radius 3 is 2.96 bits per heavy atom. The van der Waals surface area contributed by atoms with Crippen molar-refractivity contribution in [3.05, 3.63) is 41.9 Å². The van der Waals surface area contributed by atoms with Crippen LogP contribution in [-0.2, 0) is 6.42 Å². The second-order valence-corrected chi connectivity index (χ2v) is 6.38. The Kier molecular flexibility index (Phi) is 4.01. The summed E-state index contributed by atoms with van der Waals surface area (Å²) < 4.78 is 0. The number of carbonyl (C=O) groups excluding carboxylic acids is 1. The molecule has 1 amide bonds. The molecule has 1 aliphatic heterocycles. The minimum absolute atomic E-state index is 0.0294. The van der Waals surface area contributed by atoms with E-state index >= 15 is 0 Å². The van der Waals surface area contributed by atoms with Crippen LogP contribution in [0.3, 0.4) is 0 Å². The van der Waals surface area contributed by atoms with Crippen molar-refractivity contribution in [3.63, 3.8) is 0 Å². The summed E-state index contributed by atoms with van der Waals surface area (Å²) in [5, 5.41) is 10.6. The molecule has 1 fully saturated rings. The van der Waals surface area contributed by atoms with Gasteiger partial charge in [0.15, 0.2) is 0 Å². The molecule has 1 aliphatic rings. The summed E-state index contributed by atoms with van der Waals surface area (Å²) in [6.45, 7) is 1.47. The van der Waals surface area contributed by atoms with E-state index < -0.39 is 0 Å². The number of anilines is 1. The molecule has 1 saturated heterocycles. The SMILES string of the molecule is Nc1nccnc1C[C@H]1CCCN(C(=O)c2ccc3n[nH]nc3c2)C1. The van der Waals surface area contributed by atoms with Gasteiger partial charge in [0, 0.05) is 31.0 Å². The van der Waals surface area contributed by atoms with Crippen LogP contribution >= 0.6 is 0 Å². The molecule has 3 aromatic rings. The monoisotopic (exact) mass is 337 g/mol. The molecule has 0 bridgehead atoms. The zero-order chi connectivity index (χ0) is 17.2. The van der Waals surface area contributed by atoms with E-state index in [4.69, 9.17) is 5.73 Å². The van der Waals surface area contributed by atoms with Crippen LogP contribution in [-0.4, -0.2) is 49.3 Å². The van der Waals surface area contributed by atoms with Gasteiger partial charge in [-0.1, -0.05) is 0 Å². The highest BCUT2D eigenvalue weighted by atomic mass is 16.2. The van der Waals surface area contributed by atoms with E-state index in [1.165, 1.54) is 0 Å². The van der Waals surface area contributed by atoms with Crippen LogP contribution in [0.15, 0.2) is 30.6 Å². The fourth-order valence-electron chi connectivity index (χ4n) is 3.38. The third-order valence-corrected chi connectivity index (χ3v) is 4.66. The first-order valence-electron chi connectivity index (χ1n) is 8.36. The Bertz CT molecular complexity index is 907. The van der Waals surface area contributed by atoms with Crippen molar-refractivity contribution in [2.75, 3.05) is 18.8 Å². The third-order valence-electron chi connectivity index (χ3n) is 4.66. The fourth-order valence-corrected chi connectivity index (χ4v) is 3.38. The van der Waals surface area contributed by atoms with Crippen molar-refractivity contribution in [1.82, 2.24) is 30.3 Å². The van der Waals surface area contributed by atoms with Gasteiger partial charge in [-0.25, -0.2) is 4.98 Å². The van der Waals surface area contributed by atoms with E-state index in [1.54, 1.807) is 24.5 Å². The summed E-state index contributed by atoms with van der Waals surface area (Å²) in [6.07, 6.45) is 6.02. The predicted molar refractivity (Wildman–Crippen MR) is 92.7 cm³/mol. The number of fused-ring (bicyclic) bond motifs is 1. The second kappa shape index (κ2) is 6.46. The molecule has 2 aromatic heterocycles. The van der Waals surface area contributed by atoms with Crippen molar-refractivity contribution >= 4 is 22.8 Å². The molecule has 1 aromatic carbocycles. The van der Waals surface area contributed by atoms with Gasteiger partial charge in [-0.3, -0.25) is 9.78 Å². The quantitative estimate of drug-likeness (QED) is 0.747. The molecule has 0 saturated carbocycles. The number of aromatic amines is 1. The smallest absolute Gasteiger partial charge is 0.253 e. The average Bonchev–Trinajstić information content (AvgIpc) is 3.11. The Hall–Kier alpha value is -3.03. The maximum absolute atomic E-state index is 12.8. The first-order valence-corrected chi connectivity index (χ1v) is 8.36. The van der Waals surface area contributed by atoms with E-state index in [0.29, 0.717) is 29.4 Å². The summed E-state index contributed by atoms with van der Waals surface area (Å²) in [4.78, 5) is 23.2. The van der Waals surface area contributed by atoms with Crippen molar-refractivity contribution in [2.45, 2.75) is 19.3 Å². The molecule has 0 unspecified atom stereocenters. The van der Waals surface area contributed by atoms with Gasteiger partial charge in [0.1, 0.15) is 16.9 Å². The highest BCUT2D eigenvalue weighted by Gasteiger charge is 2.25. The first kappa shape index (κ1) is 15.5. The molecule has 8 nitrogen and oxygen atoms in total. The normalized spacial score (nSPS) is 17.8. The summed E-state index contributed by atoms with van der Waals surface area (Å²) in [7, 11) is 0. The van der Waals surface area contributed by atoms with E-state index in [-0.39, 0.29) is 5.91 Å². The number of amides is 1. The zero-order valence-corrected chi connectivity index (χ0v) is 13.7. The molecule has 1 atom stereocenters. The number of hydrogen-bond acceptors (Lipinski definition) is 6. The van der Waals surface area contributed by atoms with Crippen LogP contribution in [0, 0.1) is 5.92 Å². The summed E-state index contributed by atoms with van der Waals surface area (Å²) in [5.41, 5.74) is 8.80. The number of hydrogen-bond donors (Lipinski definition) is 2. The Morgan fingerprint density at radius 2 is 2.08 bits per heavy atom. The van der Waals surface area contributed by atoms with Crippen LogP contribution in [0.5, 0.6) is 0 Å². The number of rotatable bonds is 3. The summed E-state index contributed by atoms with van der Waals surface area (Å²) in [6, 6.07) is 5.40. The van der Waals surface area contributed by atoms with Gasteiger partial charge in [0.05, 0.1) is 5.69 Å². The number of H-pyrrole nitrogens is 1. The van der Waals surface area contributed by atoms with Crippen molar-refractivity contribution in [2.24, 2.45) is 5.92 Å². The highest BCUT2D eigenvalue weighted by molar-refractivity contribution is 5.97. The highest BCUT2D eigenvalue weighted by Crippen LogP contribution is 2.23. The first-order chi connectivity index (χ1) is 12.2. The van der Waals surface area contributed by atoms with Crippen molar-refractivity contribution in [3.8, 4) is 0 Å². The number of nitrogens with zero attached hydrogens (tertiary/aromatic N) is 5. The summed E-state index contributed by atoms with van der Waals surface area (Å²) in [5.74, 6) is 0.844. The lowest BCUT2D eigenvalue weighted by atomic mass is 9.92. The van der Waals surface area contributed by atoms with Crippen LogP contribution in [0.2, 0.25) is 0 Å². The number of nitrogen functional groups attached to an aromatic ring is 1. The van der Waals surface area contributed by atoms with Crippen LogP contribution in [0.4, 0.5) is 5.82 Å². The molecule has 25 heavy (non-hydrogen) atoms. The van der Waals surface area contributed by atoms with Crippen LogP contribution in [0.1, 0.15) is 28.9 Å².